The molecule has 19 heavy (non-hydrogen) atoms. The Labute approximate surface area is 108 Å². The molecule has 96 valence electrons. The summed E-state index contributed by atoms with van der Waals surface area (Å²) in [7, 11) is 0. The third kappa shape index (κ3) is 1.69. The van der Waals surface area contributed by atoms with E-state index >= 15 is 0 Å². The van der Waals surface area contributed by atoms with Crippen LogP contribution in [-0.4, -0.2) is 20.1 Å². The lowest BCUT2D eigenvalue weighted by Gasteiger charge is -2.02. The second-order valence-electron chi connectivity index (χ2n) is 4.45. The second kappa shape index (κ2) is 3.94. The minimum absolute atomic E-state index is 0.214. The van der Waals surface area contributed by atoms with Crippen LogP contribution >= 0.6 is 0 Å². The van der Waals surface area contributed by atoms with Gasteiger partial charge in [-0.25, -0.2) is 13.9 Å². The van der Waals surface area contributed by atoms with Crippen molar-refractivity contribution >= 4 is 22.5 Å². The van der Waals surface area contributed by atoms with E-state index in [0.717, 1.165) is 21.1 Å². The maximum atomic E-state index is 12.3. The topological polar surface area (TPSA) is 82.4 Å². The molecule has 0 aliphatic rings. The van der Waals surface area contributed by atoms with Gasteiger partial charge in [0.2, 0.25) is 5.91 Å². The number of pyridine rings is 1. The highest BCUT2D eigenvalue weighted by atomic mass is 16.2. The molecule has 0 unspecified atom stereocenters. The van der Waals surface area contributed by atoms with Gasteiger partial charge < -0.3 is 5.73 Å². The Morgan fingerprint density at radius 1 is 1.37 bits per heavy atom. The summed E-state index contributed by atoms with van der Waals surface area (Å²) in [4.78, 5) is 23.2. The zero-order valence-corrected chi connectivity index (χ0v) is 10.3. The van der Waals surface area contributed by atoms with Gasteiger partial charge in [0.05, 0.1) is 5.52 Å². The highest BCUT2D eigenvalue weighted by Gasteiger charge is 2.13. The van der Waals surface area contributed by atoms with Crippen molar-refractivity contribution in [1.82, 2.24) is 14.2 Å². The zero-order chi connectivity index (χ0) is 13.6. The quantitative estimate of drug-likeness (QED) is 0.722. The molecule has 3 aromatic rings. The highest BCUT2D eigenvalue weighted by molar-refractivity contribution is 5.83. The summed E-state index contributed by atoms with van der Waals surface area (Å²) in [5.74, 6) is -0.590. The Balaban J connectivity index is 2.46. The number of aromatic nitrogens is 3. The van der Waals surface area contributed by atoms with Crippen LogP contribution in [0.25, 0.3) is 16.6 Å². The molecule has 2 N–H and O–H groups in total. The summed E-state index contributed by atoms with van der Waals surface area (Å²) in [5, 5.41) is 5.12. The van der Waals surface area contributed by atoms with Gasteiger partial charge in [-0.1, -0.05) is 18.2 Å². The summed E-state index contributed by atoms with van der Waals surface area (Å²) in [6.45, 7) is 1.66. The monoisotopic (exact) mass is 256 g/mol. The van der Waals surface area contributed by atoms with Gasteiger partial charge in [-0.3, -0.25) is 4.79 Å². The van der Waals surface area contributed by atoms with Gasteiger partial charge in [0.1, 0.15) is 6.54 Å². The molecule has 0 fully saturated rings. The maximum Gasteiger partial charge on any atom is 0.351 e. The first-order chi connectivity index (χ1) is 9.08. The molecule has 1 aromatic carbocycles. The van der Waals surface area contributed by atoms with E-state index in [-0.39, 0.29) is 12.2 Å². The van der Waals surface area contributed by atoms with Crippen molar-refractivity contribution in [3.63, 3.8) is 0 Å². The number of carbonyl (C=O) groups is 1. The van der Waals surface area contributed by atoms with E-state index in [9.17, 15) is 9.59 Å². The summed E-state index contributed by atoms with van der Waals surface area (Å²) in [6, 6.07) is 9.51. The molecule has 0 saturated carbocycles. The smallest absolute Gasteiger partial charge is 0.351 e. The van der Waals surface area contributed by atoms with Crippen LogP contribution in [0.1, 0.15) is 5.56 Å². The van der Waals surface area contributed by atoms with Gasteiger partial charge in [-0.15, -0.1) is 5.10 Å². The number of fused-ring (bicyclic) bond motifs is 3. The first-order valence-corrected chi connectivity index (χ1v) is 5.84. The normalized spacial score (nSPS) is 11.2. The van der Waals surface area contributed by atoms with Gasteiger partial charge in [0.25, 0.3) is 0 Å². The molecule has 0 saturated heterocycles. The number of hydrogen-bond donors (Lipinski definition) is 1. The molecular formula is C13H12N4O2. The first kappa shape index (κ1) is 11.5. The van der Waals surface area contributed by atoms with Crippen LogP contribution in [0.15, 0.2) is 35.1 Å². The molecule has 2 heterocycles. The van der Waals surface area contributed by atoms with Gasteiger partial charge in [-0.2, -0.15) is 0 Å². The Hall–Kier alpha value is -2.63. The largest absolute Gasteiger partial charge is 0.368 e. The lowest BCUT2D eigenvalue weighted by molar-refractivity contribution is -0.118. The molecule has 2 aromatic heterocycles. The van der Waals surface area contributed by atoms with E-state index in [1.54, 1.807) is 0 Å². The summed E-state index contributed by atoms with van der Waals surface area (Å²) < 4.78 is 2.60. The Morgan fingerprint density at radius 2 is 2.11 bits per heavy atom. The molecule has 1 amide bonds. The molecule has 0 radical (unpaired) electrons. The third-order valence-electron chi connectivity index (χ3n) is 3.05. The van der Waals surface area contributed by atoms with Gasteiger partial charge >= 0.3 is 5.69 Å². The number of benzene rings is 1. The Morgan fingerprint density at radius 3 is 2.84 bits per heavy atom. The summed E-state index contributed by atoms with van der Waals surface area (Å²) in [6.07, 6.45) is 0. The van der Waals surface area contributed by atoms with Crippen molar-refractivity contribution in [2.75, 3.05) is 0 Å². The van der Waals surface area contributed by atoms with Gasteiger partial charge in [-0.05, 0) is 30.0 Å². The van der Waals surface area contributed by atoms with Gasteiger partial charge in [0, 0.05) is 0 Å². The van der Waals surface area contributed by atoms with E-state index in [0.29, 0.717) is 5.65 Å². The number of para-hydroxylation sites is 1. The molecule has 0 aliphatic heterocycles. The van der Waals surface area contributed by atoms with Crippen LogP contribution in [0, 0.1) is 6.92 Å². The SMILES string of the molecule is Cc1cc2ccccc2n2c(=O)n(CC(N)=O)nc12. The number of nitrogens with two attached hydrogens (primary N) is 1. The van der Waals surface area contributed by atoms with E-state index in [2.05, 4.69) is 5.10 Å². The van der Waals surface area contributed by atoms with Gasteiger partial charge in [0.15, 0.2) is 5.65 Å². The van der Waals surface area contributed by atoms with E-state index < -0.39 is 5.91 Å². The third-order valence-corrected chi connectivity index (χ3v) is 3.05. The van der Waals surface area contributed by atoms with Crippen molar-refractivity contribution in [3.05, 3.63) is 46.4 Å². The Kier molecular flexibility index (Phi) is 2.38. The Bertz CT molecular complexity index is 860. The zero-order valence-electron chi connectivity index (χ0n) is 10.3. The number of carbonyl (C=O) groups excluding carboxylic acids is 1. The predicted molar refractivity (Wildman–Crippen MR) is 70.9 cm³/mol. The minimum atomic E-state index is -0.590. The number of aryl methyl sites for hydroxylation is 1. The van der Waals surface area contributed by atoms with Crippen LogP contribution in [0.3, 0.4) is 0 Å². The molecule has 6 nitrogen and oxygen atoms in total. The summed E-state index contributed by atoms with van der Waals surface area (Å²) >= 11 is 0. The average Bonchev–Trinajstić information content (AvgIpc) is 2.68. The minimum Gasteiger partial charge on any atom is -0.368 e. The number of amides is 1. The molecule has 0 bridgehead atoms. The van der Waals surface area contributed by atoms with Crippen molar-refractivity contribution in [3.8, 4) is 0 Å². The van der Waals surface area contributed by atoms with E-state index in [4.69, 9.17) is 5.73 Å². The van der Waals surface area contributed by atoms with Crippen molar-refractivity contribution in [1.29, 1.82) is 0 Å². The predicted octanol–water partition coefficient (Wildman–Crippen LogP) is 0.443. The number of rotatable bonds is 2. The molecule has 3 rings (SSSR count). The van der Waals surface area contributed by atoms with E-state index in [1.165, 1.54) is 4.40 Å². The maximum absolute atomic E-state index is 12.3. The number of hydrogen-bond acceptors (Lipinski definition) is 3. The van der Waals surface area contributed by atoms with Crippen molar-refractivity contribution < 1.29 is 4.79 Å². The van der Waals surface area contributed by atoms with Crippen LogP contribution < -0.4 is 11.4 Å². The van der Waals surface area contributed by atoms with Crippen molar-refractivity contribution in [2.45, 2.75) is 13.5 Å². The van der Waals surface area contributed by atoms with Crippen LogP contribution in [-0.2, 0) is 11.3 Å². The molecule has 0 atom stereocenters. The lowest BCUT2D eigenvalue weighted by atomic mass is 10.1. The molecule has 0 spiro atoms. The number of primary amides is 1. The molecule has 0 aliphatic carbocycles. The second-order valence-corrected chi connectivity index (χ2v) is 4.45. The first-order valence-electron chi connectivity index (χ1n) is 5.84. The standard InChI is InChI=1S/C13H12N4O2/c1-8-6-9-4-2-3-5-10(9)17-12(8)15-16(13(17)19)7-11(14)18/h2-6H,7H2,1H3,(H2,14,18). The average molecular weight is 256 g/mol. The highest BCUT2D eigenvalue weighted by Crippen LogP contribution is 2.17. The fraction of sp³-hybridized carbons (Fsp3) is 0.154. The summed E-state index contributed by atoms with van der Waals surface area (Å²) in [5.41, 5.74) is 6.95. The fourth-order valence-corrected chi connectivity index (χ4v) is 2.24. The fourth-order valence-electron chi connectivity index (χ4n) is 2.24. The lowest BCUT2D eigenvalue weighted by Crippen LogP contribution is -2.28. The molecule has 6 heteroatoms. The number of nitrogens with zero attached hydrogens (tertiary/aromatic N) is 3. The van der Waals surface area contributed by atoms with Crippen LogP contribution in [0.2, 0.25) is 0 Å². The van der Waals surface area contributed by atoms with Crippen LogP contribution in [0.4, 0.5) is 0 Å². The van der Waals surface area contributed by atoms with Crippen LogP contribution in [0.5, 0.6) is 0 Å². The molecular weight excluding hydrogens is 244 g/mol. The van der Waals surface area contributed by atoms with Crippen molar-refractivity contribution in [2.24, 2.45) is 5.73 Å². The van der Waals surface area contributed by atoms with E-state index in [1.807, 2.05) is 37.3 Å².